The van der Waals surface area contributed by atoms with E-state index in [1.54, 1.807) is 18.2 Å². The lowest BCUT2D eigenvalue weighted by molar-refractivity contribution is 0.361. The van der Waals surface area contributed by atoms with Crippen LogP contribution in [0.2, 0.25) is 5.02 Å². The van der Waals surface area contributed by atoms with Gasteiger partial charge in [-0.1, -0.05) is 17.7 Å². The van der Waals surface area contributed by atoms with Crippen molar-refractivity contribution in [2.24, 2.45) is 0 Å². The summed E-state index contributed by atoms with van der Waals surface area (Å²) in [6.07, 6.45) is 1.59. The van der Waals surface area contributed by atoms with Gasteiger partial charge in [-0.05, 0) is 50.9 Å². The molecule has 2 rings (SSSR count). The van der Waals surface area contributed by atoms with Crippen LogP contribution in [0.3, 0.4) is 0 Å². The Hall–Kier alpha value is -0.620. The second kappa shape index (κ2) is 5.79. The summed E-state index contributed by atoms with van der Waals surface area (Å²) in [7, 11) is -3.54. The Balaban J connectivity index is 2.18. The molecule has 4 nitrogen and oxygen atoms in total. The van der Waals surface area contributed by atoms with Crippen molar-refractivity contribution >= 4 is 21.6 Å². The van der Waals surface area contributed by atoms with E-state index >= 15 is 0 Å². The highest BCUT2D eigenvalue weighted by Gasteiger charge is 2.25. The van der Waals surface area contributed by atoms with E-state index in [4.69, 9.17) is 11.6 Å². The second-order valence-corrected chi connectivity index (χ2v) is 7.22. The summed E-state index contributed by atoms with van der Waals surface area (Å²) in [4.78, 5) is 0.158. The molecule has 1 aromatic rings. The fourth-order valence-corrected chi connectivity index (χ4v) is 4.23. The van der Waals surface area contributed by atoms with Gasteiger partial charge < -0.3 is 5.32 Å². The van der Waals surface area contributed by atoms with E-state index in [1.807, 2.05) is 6.92 Å². The molecule has 1 saturated heterocycles. The van der Waals surface area contributed by atoms with Crippen molar-refractivity contribution < 1.29 is 8.42 Å². The van der Waals surface area contributed by atoms with Gasteiger partial charge in [-0.25, -0.2) is 13.1 Å². The summed E-state index contributed by atoms with van der Waals surface area (Å²) in [5, 5.41) is 3.57. The van der Waals surface area contributed by atoms with E-state index < -0.39 is 10.0 Å². The third-order valence-electron chi connectivity index (χ3n) is 3.32. The molecule has 0 aliphatic carbocycles. The number of aryl methyl sites for hydroxylation is 1. The van der Waals surface area contributed by atoms with Crippen molar-refractivity contribution in [2.75, 3.05) is 6.54 Å². The summed E-state index contributed by atoms with van der Waals surface area (Å²) in [6, 6.07) is 5.28. The van der Waals surface area contributed by atoms with E-state index in [-0.39, 0.29) is 16.0 Å². The molecule has 1 aromatic carbocycles. The third-order valence-corrected chi connectivity index (χ3v) is 5.33. The summed E-state index contributed by atoms with van der Waals surface area (Å²) >= 11 is 6.03. The van der Waals surface area contributed by atoms with Gasteiger partial charge in [-0.2, -0.15) is 0 Å². The normalized spacial score (nSPS) is 24.4. The van der Waals surface area contributed by atoms with E-state index in [0.717, 1.165) is 24.9 Å². The first-order chi connectivity index (χ1) is 8.88. The summed E-state index contributed by atoms with van der Waals surface area (Å²) in [5.41, 5.74) is 0.944. The molecule has 2 atom stereocenters. The van der Waals surface area contributed by atoms with Gasteiger partial charge in [0.2, 0.25) is 10.0 Å². The number of benzene rings is 1. The molecule has 106 valence electrons. The van der Waals surface area contributed by atoms with Crippen LogP contribution in [0.5, 0.6) is 0 Å². The molecule has 0 bridgehead atoms. The van der Waals surface area contributed by atoms with Crippen molar-refractivity contribution in [3.05, 3.63) is 28.8 Å². The highest BCUT2D eigenvalue weighted by Crippen LogP contribution is 2.23. The topological polar surface area (TPSA) is 58.2 Å². The summed E-state index contributed by atoms with van der Waals surface area (Å²) < 4.78 is 27.4. The highest BCUT2D eigenvalue weighted by molar-refractivity contribution is 7.89. The van der Waals surface area contributed by atoms with E-state index in [0.29, 0.717) is 6.04 Å². The van der Waals surface area contributed by atoms with E-state index in [9.17, 15) is 8.42 Å². The Morgan fingerprint density at radius 1 is 1.42 bits per heavy atom. The largest absolute Gasteiger partial charge is 0.314 e. The predicted octanol–water partition coefficient (Wildman–Crippen LogP) is 2.07. The maximum atomic E-state index is 12.3. The van der Waals surface area contributed by atoms with Gasteiger partial charge in [0.25, 0.3) is 0 Å². The summed E-state index contributed by atoms with van der Waals surface area (Å²) in [6.45, 7) is 4.76. The van der Waals surface area contributed by atoms with Crippen LogP contribution in [0.15, 0.2) is 23.1 Å². The molecule has 2 N–H and O–H groups in total. The lowest BCUT2D eigenvalue weighted by Crippen LogP contribution is -2.46. The van der Waals surface area contributed by atoms with Crippen LogP contribution >= 0.6 is 11.6 Å². The lowest BCUT2D eigenvalue weighted by atomic mass is 10.0. The van der Waals surface area contributed by atoms with Gasteiger partial charge >= 0.3 is 0 Å². The number of sulfonamides is 1. The van der Waals surface area contributed by atoms with Gasteiger partial charge in [0.1, 0.15) is 4.90 Å². The van der Waals surface area contributed by atoms with Crippen molar-refractivity contribution in [2.45, 2.75) is 43.7 Å². The minimum Gasteiger partial charge on any atom is -0.314 e. The van der Waals surface area contributed by atoms with Gasteiger partial charge in [-0.3, -0.25) is 0 Å². The molecule has 2 unspecified atom stereocenters. The molecule has 19 heavy (non-hydrogen) atoms. The SMILES string of the molecule is Cc1ccc(S(=O)(=O)NC2CCNC(C)C2)c(Cl)c1. The zero-order valence-corrected chi connectivity index (χ0v) is 12.7. The number of hydrogen-bond acceptors (Lipinski definition) is 3. The van der Waals surface area contributed by atoms with Crippen LogP contribution in [0.4, 0.5) is 0 Å². The first-order valence-corrected chi connectivity index (χ1v) is 8.26. The van der Waals surface area contributed by atoms with E-state index in [1.165, 1.54) is 0 Å². The maximum absolute atomic E-state index is 12.3. The lowest BCUT2D eigenvalue weighted by Gasteiger charge is -2.28. The molecular weight excluding hydrogens is 284 g/mol. The zero-order chi connectivity index (χ0) is 14.0. The fraction of sp³-hybridized carbons (Fsp3) is 0.538. The Morgan fingerprint density at radius 2 is 2.16 bits per heavy atom. The average molecular weight is 303 g/mol. The second-order valence-electron chi connectivity index (χ2n) is 5.13. The first-order valence-electron chi connectivity index (χ1n) is 6.40. The third kappa shape index (κ3) is 3.69. The quantitative estimate of drug-likeness (QED) is 0.898. The van der Waals surface area contributed by atoms with E-state index in [2.05, 4.69) is 17.0 Å². The van der Waals surface area contributed by atoms with Crippen LogP contribution < -0.4 is 10.0 Å². The van der Waals surface area contributed by atoms with Gasteiger partial charge in [0, 0.05) is 12.1 Å². The van der Waals surface area contributed by atoms with Crippen LogP contribution in [-0.4, -0.2) is 27.0 Å². The molecule has 0 saturated carbocycles. The number of rotatable bonds is 3. The molecule has 0 radical (unpaired) electrons. The highest BCUT2D eigenvalue weighted by atomic mass is 35.5. The zero-order valence-electron chi connectivity index (χ0n) is 11.1. The van der Waals surface area contributed by atoms with Gasteiger partial charge in [0.15, 0.2) is 0 Å². The first kappa shape index (κ1) is 14.8. The molecule has 1 heterocycles. The smallest absolute Gasteiger partial charge is 0.242 e. The fourth-order valence-electron chi connectivity index (χ4n) is 2.35. The van der Waals surface area contributed by atoms with Crippen LogP contribution in [0.1, 0.15) is 25.3 Å². The summed E-state index contributed by atoms with van der Waals surface area (Å²) in [5.74, 6) is 0. The standard InChI is InChI=1S/C13H19ClN2O2S/c1-9-3-4-13(12(14)7-9)19(17,18)16-11-5-6-15-10(2)8-11/h3-4,7,10-11,15-16H,5-6,8H2,1-2H3. The van der Waals surface area contributed by atoms with Gasteiger partial charge in [0.05, 0.1) is 5.02 Å². The van der Waals surface area contributed by atoms with Crippen molar-refractivity contribution in [1.82, 2.24) is 10.0 Å². The monoisotopic (exact) mass is 302 g/mol. The minimum atomic E-state index is -3.54. The Labute approximate surface area is 119 Å². The molecule has 0 aromatic heterocycles. The average Bonchev–Trinajstić information content (AvgIpc) is 2.27. The Bertz CT molecular complexity index is 560. The Kier molecular flexibility index (Phi) is 4.50. The molecule has 0 spiro atoms. The van der Waals surface area contributed by atoms with Crippen molar-refractivity contribution in [3.63, 3.8) is 0 Å². The van der Waals surface area contributed by atoms with Crippen molar-refractivity contribution in [3.8, 4) is 0 Å². The molecule has 1 aliphatic heterocycles. The predicted molar refractivity (Wildman–Crippen MR) is 77.0 cm³/mol. The molecule has 1 fully saturated rings. The molecule has 6 heteroatoms. The number of nitrogens with one attached hydrogen (secondary N) is 2. The van der Waals surface area contributed by atoms with Crippen LogP contribution in [0, 0.1) is 6.92 Å². The van der Waals surface area contributed by atoms with Crippen molar-refractivity contribution in [1.29, 1.82) is 0 Å². The maximum Gasteiger partial charge on any atom is 0.242 e. The molecule has 1 aliphatic rings. The molecule has 0 amide bonds. The minimum absolute atomic E-state index is 0.0291. The van der Waals surface area contributed by atoms with Crippen LogP contribution in [-0.2, 0) is 10.0 Å². The number of piperidine rings is 1. The van der Waals surface area contributed by atoms with Crippen LogP contribution in [0.25, 0.3) is 0 Å². The van der Waals surface area contributed by atoms with Gasteiger partial charge in [-0.15, -0.1) is 0 Å². The number of halogens is 1. The Morgan fingerprint density at radius 3 is 2.79 bits per heavy atom. The molecular formula is C13H19ClN2O2S. The number of hydrogen-bond donors (Lipinski definition) is 2.